The van der Waals surface area contributed by atoms with Gasteiger partial charge in [-0.15, -0.1) is 0 Å². The second kappa shape index (κ2) is 11.9. The number of carbonyl (C=O) groups excluding carboxylic acids is 2. The van der Waals surface area contributed by atoms with Gasteiger partial charge in [-0.2, -0.15) is 0 Å². The van der Waals surface area contributed by atoms with Gasteiger partial charge in [0.2, 0.25) is 21.8 Å². The molecule has 2 aromatic carbocycles. The number of hydrogen-bond acceptors (Lipinski definition) is 4. The molecule has 2 rings (SSSR count). The van der Waals surface area contributed by atoms with Crippen LogP contribution in [0.1, 0.15) is 38.3 Å². The highest BCUT2D eigenvalue weighted by atomic mass is 35.5. The fourth-order valence-electron chi connectivity index (χ4n) is 3.60. The SMILES string of the molecule is CCC(C(=O)NC(C)C)N(Cc1cccc(C)c1)C(=O)CN(c1cc(Cl)cc(Cl)c1)S(C)(=O)=O. The van der Waals surface area contributed by atoms with Gasteiger partial charge in [0.05, 0.1) is 11.9 Å². The van der Waals surface area contributed by atoms with Crippen molar-refractivity contribution >= 4 is 50.7 Å². The molecule has 0 heterocycles. The van der Waals surface area contributed by atoms with Gasteiger partial charge in [0, 0.05) is 22.6 Å². The van der Waals surface area contributed by atoms with E-state index in [0.29, 0.717) is 6.42 Å². The topological polar surface area (TPSA) is 86.8 Å². The molecule has 2 aromatic rings. The molecule has 0 fully saturated rings. The van der Waals surface area contributed by atoms with E-state index < -0.39 is 28.5 Å². The van der Waals surface area contributed by atoms with Crippen molar-refractivity contribution in [1.29, 1.82) is 0 Å². The molecule has 0 radical (unpaired) electrons. The van der Waals surface area contributed by atoms with Crippen LogP contribution in [0.5, 0.6) is 0 Å². The lowest BCUT2D eigenvalue weighted by atomic mass is 10.1. The second-order valence-corrected chi connectivity index (χ2v) is 11.3. The summed E-state index contributed by atoms with van der Waals surface area (Å²) in [6.45, 7) is 7.07. The second-order valence-electron chi connectivity index (χ2n) is 8.50. The van der Waals surface area contributed by atoms with Gasteiger partial charge in [-0.1, -0.05) is 60.0 Å². The lowest BCUT2D eigenvalue weighted by Gasteiger charge is -2.33. The van der Waals surface area contributed by atoms with Crippen molar-refractivity contribution in [2.24, 2.45) is 0 Å². The molecule has 0 bridgehead atoms. The predicted molar refractivity (Wildman–Crippen MR) is 138 cm³/mol. The molecule has 0 aromatic heterocycles. The highest BCUT2D eigenvalue weighted by molar-refractivity contribution is 7.92. The molecule has 1 unspecified atom stereocenters. The minimum atomic E-state index is -3.86. The molecule has 0 aliphatic heterocycles. The third-order valence-corrected chi connectivity index (χ3v) is 6.64. The van der Waals surface area contributed by atoms with E-state index in [1.54, 1.807) is 0 Å². The van der Waals surface area contributed by atoms with Crippen molar-refractivity contribution in [3.05, 3.63) is 63.6 Å². The zero-order valence-corrected chi connectivity index (χ0v) is 22.3. The molecule has 186 valence electrons. The summed E-state index contributed by atoms with van der Waals surface area (Å²) < 4.78 is 26.2. The Labute approximate surface area is 212 Å². The van der Waals surface area contributed by atoms with Crippen LogP contribution in [0, 0.1) is 6.92 Å². The van der Waals surface area contributed by atoms with E-state index in [4.69, 9.17) is 23.2 Å². The highest BCUT2D eigenvalue weighted by Crippen LogP contribution is 2.27. The Balaban J connectivity index is 2.48. The molecule has 0 spiro atoms. The molecule has 1 atom stereocenters. The Kier molecular flexibility index (Phi) is 9.79. The molecule has 34 heavy (non-hydrogen) atoms. The normalized spacial score (nSPS) is 12.4. The molecular weight excluding hydrogens is 497 g/mol. The maximum Gasteiger partial charge on any atom is 0.244 e. The first kappa shape index (κ1) is 28.0. The molecule has 0 saturated carbocycles. The maximum absolute atomic E-state index is 13.6. The highest BCUT2D eigenvalue weighted by Gasteiger charge is 2.32. The molecule has 2 amide bonds. The van der Waals surface area contributed by atoms with Crippen LogP contribution in [-0.2, 0) is 26.2 Å². The van der Waals surface area contributed by atoms with Crippen molar-refractivity contribution in [2.75, 3.05) is 17.1 Å². The first-order valence-corrected chi connectivity index (χ1v) is 13.5. The Hall–Kier alpha value is -2.29. The largest absolute Gasteiger partial charge is 0.352 e. The summed E-state index contributed by atoms with van der Waals surface area (Å²) >= 11 is 12.1. The monoisotopic (exact) mass is 527 g/mol. The smallest absolute Gasteiger partial charge is 0.244 e. The minimum Gasteiger partial charge on any atom is -0.352 e. The van der Waals surface area contributed by atoms with E-state index in [2.05, 4.69) is 5.32 Å². The van der Waals surface area contributed by atoms with Crippen molar-refractivity contribution in [2.45, 2.75) is 52.7 Å². The van der Waals surface area contributed by atoms with Crippen LogP contribution in [0.3, 0.4) is 0 Å². The summed E-state index contributed by atoms with van der Waals surface area (Å²) in [6.07, 6.45) is 1.36. The van der Waals surface area contributed by atoms with Gasteiger partial charge in [0.15, 0.2) is 0 Å². The number of halogens is 2. The van der Waals surface area contributed by atoms with Gasteiger partial charge in [-0.05, 0) is 51.0 Å². The molecule has 0 aliphatic rings. The van der Waals surface area contributed by atoms with Crippen molar-refractivity contribution < 1.29 is 18.0 Å². The van der Waals surface area contributed by atoms with E-state index in [1.807, 2.05) is 52.0 Å². The number of hydrogen-bond donors (Lipinski definition) is 1. The van der Waals surface area contributed by atoms with E-state index in [0.717, 1.165) is 21.7 Å². The summed E-state index contributed by atoms with van der Waals surface area (Å²) in [7, 11) is -3.86. The van der Waals surface area contributed by atoms with E-state index in [1.165, 1.54) is 23.1 Å². The lowest BCUT2D eigenvalue weighted by Crippen LogP contribution is -2.53. The van der Waals surface area contributed by atoms with E-state index in [9.17, 15) is 18.0 Å². The number of benzene rings is 2. The van der Waals surface area contributed by atoms with Gasteiger partial charge < -0.3 is 10.2 Å². The van der Waals surface area contributed by atoms with Crippen LogP contribution in [0.15, 0.2) is 42.5 Å². The summed E-state index contributed by atoms with van der Waals surface area (Å²) in [6, 6.07) is 11.0. The Morgan fingerprint density at radius 1 is 1.06 bits per heavy atom. The number of aryl methyl sites for hydroxylation is 1. The summed E-state index contributed by atoms with van der Waals surface area (Å²) in [5, 5.41) is 3.33. The summed E-state index contributed by atoms with van der Waals surface area (Å²) in [4.78, 5) is 28.0. The van der Waals surface area contributed by atoms with Crippen molar-refractivity contribution in [3.63, 3.8) is 0 Å². The van der Waals surface area contributed by atoms with Gasteiger partial charge >= 0.3 is 0 Å². The Bertz CT molecular complexity index is 1120. The zero-order valence-electron chi connectivity index (χ0n) is 20.0. The first-order valence-electron chi connectivity index (χ1n) is 10.9. The van der Waals surface area contributed by atoms with Crippen molar-refractivity contribution in [3.8, 4) is 0 Å². The number of sulfonamides is 1. The summed E-state index contributed by atoms with van der Waals surface area (Å²) in [5.41, 5.74) is 2.01. The standard InChI is InChI=1S/C24H31Cl2N3O4S/c1-6-22(24(31)27-16(2)3)28(14-18-9-7-8-17(4)10-18)23(30)15-29(34(5,32)33)21-12-19(25)11-20(26)13-21/h7-13,16,22H,6,14-15H2,1-5H3,(H,27,31). The van der Waals surface area contributed by atoms with Crippen molar-refractivity contribution in [1.82, 2.24) is 10.2 Å². The lowest BCUT2D eigenvalue weighted by molar-refractivity contribution is -0.140. The Morgan fingerprint density at radius 2 is 1.68 bits per heavy atom. The fourth-order valence-corrected chi connectivity index (χ4v) is 4.95. The zero-order chi connectivity index (χ0) is 25.6. The number of amides is 2. The average Bonchev–Trinajstić information content (AvgIpc) is 2.69. The van der Waals surface area contributed by atoms with Crippen LogP contribution in [0.4, 0.5) is 5.69 Å². The molecule has 10 heteroatoms. The first-order chi connectivity index (χ1) is 15.8. The number of nitrogens with zero attached hydrogens (tertiary/aromatic N) is 2. The molecule has 7 nitrogen and oxygen atoms in total. The predicted octanol–water partition coefficient (Wildman–Crippen LogP) is 4.40. The van der Waals surface area contributed by atoms with Crippen LogP contribution in [0.2, 0.25) is 10.0 Å². The third-order valence-electron chi connectivity index (χ3n) is 5.07. The molecule has 0 aliphatic carbocycles. The molecule has 1 N–H and O–H groups in total. The number of carbonyl (C=O) groups is 2. The van der Waals surface area contributed by atoms with E-state index >= 15 is 0 Å². The van der Waals surface area contributed by atoms with E-state index in [-0.39, 0.29) is 34.2 Å². The van der Waals surface area contributed by atoms with Gasteiger partial charge in [0.25, 0.3) is 0 Å². The van der Waals surface area contributed by atoms with Gasteiger partial charge in [0.1, 0.15) is 12.6 Å². The maximum atomic E-state index is 13.6. The number of nitrogens with one attached hydrogen (secondary N) is 1. The Morgan fingerprint density at radius 3 is 2.18 bits per heavy atom. The molecule has 0 saturated heterocycles. The van der Waals surface area contributed by atoms with Crippen LogP contribution >= 0.6 is 23.2 Å². The number of rotatable bonds is 10. The number of anilines is 1. The third kappa shape index (κ3) is 7.89. The van der Waals surface area contributed by atoms with Gasteiger partial charge in [-0.25, -0.2) is 8.42 Å². The van der Waals surface area contributed by atoms with Crippen LogP contribution in [0.25, 0.3) is 0 Å². The van der Waals surface area contributed by atoms with Crippen LogP contribution < -0.4 is 9.62 Å². The summed E-state index contributed by atoms with van der Waals surface area (Å²) in [5.74, 6) is -0.816. The minimum absolute atomic E-state index is 0.112. The van der Waals surface area contributed by atoms with Crippen LogP contribution in [-0.4, -0.2) is 50.0 Å². The quantitative estimate of drug-likeness (QED) is 0.495. The molecular formula is C24H31Cl2N3O4S. The average molecular weight is 529 g/mol. The fraction of sp³-hybridized carbons (Fsp3) is 0.417. The van der Waals surface area contributed by atoms with Gasteiger partial charge in [-0.3, -0.25) is 13.9 Å².